The Balaban J connectivity index is 1.62. The lowest BCUT2D eigenvalue weighted by atomic mass is 9.86. The van der Waals surface area contributed by atoms with Crippen molar-refractivity contribution in [1.82, 2.24) is 4.90 Å². The Labute approximate surface area is 173 Å². The van der Waals surface area contributed by atoms with Crippen molar-refractivity contribution >= 4 is 5.91 Å². The third-order valence-electron chi connectivity index (χ3n) is 6.13. The third-order valence-corrected chi connectivity index (χ3v) is 6.13. The first-order valence-electron chi connectivity index (χ1n) is 9.96. The molecule has 0 saturated carbocycles. The largest absolute Gasteiger partial charge is 0.389 e. The molecule has 158 valence electrons. The van der Waals surface area contributed by atoms with E-state index in [1.807, 2.05) is 24.3 Å². The quantitative estimate of drug-likeness (QED) is 0.613. The molecule has 8 heteroatoms. The maximum Gasteiger partial charge on any atom is 0.267 e. The van der Waals surface area contributed by atoms with E-state index < -0.39 is 23.2 Å². The highest BCUT2D eigenvalue weighted by Crippen LogP contribution is 2.37. The van der Waals surface area contributed by atoms with Gasteiger partial charge >= 0.3 is 0 Å². The topological polar surface area (TPSA) is 92.9 Å². The van der Waals surface area contributed by atoms with Gasteiger partial charge in [-0.15, -0.1) is 0 Å². The fourth-order valence-corrected chi connectivity index (χ4v) is 4.33. The summed E-state index contributed by atoms with van der Waals surface area (Å²) in [7, 11) is 0. The first kappa shape index (κ1) is 20.4. The van der Waals surface area contributed by atoms with Gasteiger partial charge in [-0.2, -0.15) is 0 Å². The summed E-state index contributed by atoms with van der Waals surface area (Å²) in [5.74, 6) is -0.592. The van der Waals surface area contributed by atoms with Gasteiger partial charge in [-0.05, 0) is 41.7 Å². The molecule has 0 unspecified atom stereocenters. The molecule has 1 fully saturated rings. The Morgan fingerprint density at radius 2 is 2.00 bits per heavy atom. The van der Waals surface area contributed by atoms with Crippen LogP contribution >= 0.6 is 0 Å². The number of hydrogen-bond donors (Lipinski definition) is 1. The lowest BCUT2D eigenvalue weighted by Gasteiger charge is -2.41. The first-order chi connectivity index (χ1) is 14.4. The van der Waals surface area contributed by atoms with E-state index in [0.29, 0.717) is 13.0 Å². The molecule has 2 aliphatic rings. The van der Waals surface area contributed by atoms with Crippen molar-refractivity contribution in [3.63, 3.8) is 0 Å². The van der Waals surface area contributed by atoms with E-state index in [9.17, 15) is 24.4 Å². The summed E-state index contributed by atoms with van der Waals surface area (Å²) in [5.41, 5.74) is 1.35. The van der Waals surface area contributed by atoms with Gasteiger partial charge in [0.1, 0.15) is 25.1 Å². The number of aliphatic hydroxyl groups excluding tert-OH is 1. The van der Waals surface area contributed by atoms with Gasteiger partial charge in [0.15, 0.2) is 0 Å². The summed E-state index contributed by atoms with van der Waals surface area (Å²) in [5, 5.41) is 20.8. The molecule has 0 radical (unpaired) electrons. The van der Waals surface area contributed by atoms with Crippen LogP contribution in [0.3, 0.4) is 0 Å². The average molecular weight is 414 g/mol. The molecule has 0 aliphatic carbocycles. The van der Waals surface area contributed by atoms with Gasteiger partial charge in [-0.25, -0.2) is 4.39 Å². The number of nitrogens with zero attached hydrogens (tertiary/aromatic N) is 2. The molecule has 2 aromatic rings. The fraction of sp³-hybridized carbons (Fsp3) is 0.409. The number of aliphatic hydroxyl groups is 1. The second kappa shape index (κ2) is 8.12. The first-order valence-corrected chi connectivity index (χ1v) is 9.96. The van der Waals surface area contributed by atoms with E-state index in [1.165, 1.54) is 12.1 Å². The molecule has 2 heterocycles. The maximum absolute atomic E-state index is 13.5. The number of hydrogen-bond acceptors (Lipinski definition) is 5. The Morgan fingerprint density at radius 1 is 1.27 bits per heavy atom. The van der Waals surface area contributed by atoms with Crippen molar-refractivity contribution in [3.05, 3.63) is 81.2 Å². The lowest BCUT2D eigenvalue weighted by molar-refractivity contribution is -0.583. The number of rotatable bonds is 4. The molecule has 1 saturated heterocycles. The number of carbonyl (C=O) groups excluding carboxylic acids is 1. The van der Waals surface area contributed by atoms with Gasteiger partial charge in [-0.3, -0.25) is 14.9 Å². The molecule has 2 aromatic carbocycles. The van der Waals surface area contributed by atoms with Crippen LogP contribution in [-0.2, 0) is 16.0 Å². The molecule has 0 spiro atoms. The van der Waals surface area contributed by atoms with Gasteiger partial charge in [0.2, 0.25) is 0 Å². The number of halogens is 1. The summed E-state index contributed by atoms with van der Waals surface area (Å²) in [6, 6.07) is 13.6. The number of nitro groups is 1. The zero-order valence-electron chi connectivity index (χ0n) is 16.4. The number of carbonyl (C=O) groups is 1. The van der Waals surface area contributed by atoms with E-state index in [1.54, 1.807) is 17.0 Å². The Morgan fingerprint density at radius 3 is 2.63 bits per heavy atom. The molecule has 1 amide bonds. The minimum atomic E-state index is -1.55. The maximum atomic E-state index is 13.5. The van der Waals surface area contributed by atoms with E-state index in [2.05, 4.69) is 0 Å². The standard InChI is InChI=1S/C22H23FN2O5/c23-17-7-5-16(6-8-17)20-18-4-2-1-3-15(18)10-12-24(20)21(27)19-9-11-22(13-26,14-30-19)25(28)29/h1-8,19-20,26H,9-14H2/t19-,20-,22+/m0/s1. The predicted octanol–water partition coefficient (Wildman–Crippen LogP) is 2.49. The minimum Gasteiger partial charge on any atom is -0.389 e. The zero-order chi connectivity index (χ0) is 21.3. The molecule has 4 rings (SSSR count). The fourth-order valence-electron chi connectivity index (χ4n) is 4.33. The Kier molecular flexibility index (Phi) is 5.53. The van der Waals surface area contributed by atoms with E-state index >= 15 is 0 Å². The van der Waals surface area contributed by atoms with Crippen LogP contribution in [0.15, 0.2) is 48.5 Å². The summed E-state index contributed by atoms with van der Waals surface area (Å²) in [4.78, 5) is 25.9. The molecule has 0 aromatic heterocycles. The van der Waals surface area contributed by atoms with Gasteiger partial charge < -0.3 is 14.7 Å². The monoisotopic (exact) mass is 414 g/mol. The highest BCUT2D eigenvalue weighted by atomic mass is 19.1. The van der Waals surface area contributed by atoms with Crippen molar-refractivity contribution in [2.75, 3.05) is 19.8 Å². The van der Waals surface area contributed by atoms with Crippen molar-refractivity contribution in [2.24, 2.45) is 0 Å². The molecule has 0 bridgehead atoms. The second-order valence-electron chi connectivity index (χ2n) is 7.91. The Hall–Kier alpha value is -2.84. The number of amides is 1. The van der Waals surface area contributed by atoms with Crippen LogP contribution in [0.2, 0.25) is 0 Å². The molecule has 7 nitrogen and oxygen atoms in total. The average Bonchev–Trinajstić information content (AvgIpc) is 2.78. The van der Waals surface area contributed by atoms with E-state index in [0.717, 1.165) is 16.7 Å². The van der Waals surface area contributed by atoms with Gasteiger partial charge in [0, 0.05) is 17.9 Å². The van der Waals surface area contributed by atoms with E-state index in [-0.39, 0.29) is 37.2 Å². The molecule has 2 aliphatic heterocycles. The van der Waals surface area contributed by atoms with Crippen LogP contribution in [0.1, 0.15) is 35.6 Å². The van der Waals surface area contributed by atoms with Crippen LogP contribution in [0.4, 0.5) is 4.39 Å². The van der Waals surface area contributed by atoms with Crippen molar-refractivity contribution in [2.45, 2.75) is 36.9 Å². The molecular formula is C22H23FN2O5. The van der Waals surface area contributed by atoms with Crippen LogP contribution in [-0.4, -0.2) is 52.2 Å². The van der Waals surface area contributed by atoms with Crippen molar-refractivity contribution in [3.8, 4) is 0 Å². The summed E-state index contributed by atoms with van der Waals surface area (Å²) in [6.07, 6.45) is 0.104. The van der Waals surface area contributed by atoms with Crippen LogP contribution in [0.5, 0.6) is 0 Å². The lowest BCUT2D eigenvalue weighted by Crippen LogP contribution is -2.55. The SMILES string of the molecule is O=C([C@@H]1CC[C@](CO)([N+](=O)[O-])CO1)N1CCc2ccccc2[C@@H]1c1ccc(F)cc1. The van der Waals surface area contributed by atoms with Gasteiger partial charge in [0.05, 0.1) is 6.04 Å². The van der Waals surface area contributed by atoms with Gasteiger partial charge in [0.25, 0.3) is 11.4 Å². The summed E-state index contributed by atoms with van der Waals surface area (Å²) >= 11 is 0. The van der Waals surface area contributed by atoms with Crippen molar-refractivity contribution < 1.29 is 24.0 Å². The van der Waals surface area contributed by atoms with Gasteiger partial charge in [-0.1, -0.05) is 36.4 Å². The third kappa shape index (κ3) is 3.57. The number of fused-ring (bicyclic) bond motifs is 1. The highest BCUT2D eigenvalue weighted by Gasteiger charge is 2.49. The second-order valence-corrected chi connectivity index (χ2v) is 7.91. The molecule has 1 N–H and O–H groups in total. The smallest absolute Gasteiger partial charge is 0.267 e. The zero-order valence-corrected chi connectivity index (χ0v) is 16.4. The minimum absolute atomic E-state index is 0.0680. The van der Waals surface area contributed by atoms with Crippen molar-refractivity contribution in [1.29, 1.82) is 0 Å². The molecular weight excluding hydrogens is 391 g/mol. The predicted molar refractivity (Wildman–Crippen MR) is 106 cm³/mol. The number of benzene rings is 2. The van der Waals surface area contributed by atoms with E-state index in [4.69, 9.17) is 4.74 Å². The summed E-state index contributed by atoms with van der Waals surface area (Å²) in [6.45, 7) is -0.465. The normalized spacial score (nSPS) is 26.1. The summed E-state index contributed by atoms with van der Waals surface area (Å²) < 4.78 is 19.1. The Bertz CT molecular complexity index is 941. The highest BCUT2D eigenvalue weighted by molar-refractivity contribution is 5.82. The molecule has 3 atom stereocenters. The molecule has 30 heavy (non-hydrogen) atoms. The van der Waals surface area contributed by atoms with Crippen LogP contribution in [0, 0.1) is 15.9 Å². The number of ether oxygens (including phenoxy) is 1. The van der Waals surface area contributed by atoms with Crippen LogP contribution in [0.25, 0.3) is 0 Å². The van der Waals surface area contributed by atoms with Crippen LogP contribution < -0.4 is 0 Å².